The molecule has 0 aliphatic rings. The van der Waals surface area contributed by atoms with Gasteiger partial charge in [0.2, 0.25) is 0 Å². The molecule has 4 heteroatoms. The van der Waals surface area contributed by atoms with Crippen LogP contribution in [0.1, 0.15) is 11.1 Å². The fourth-order valence-corrected chi connectivity index (χ4v) is 2.14. The normalized spacial score (nSPS) is 10.2. The average molecular weight is 307 g/mol. The Labute approximate surface area is 115 Å². The Morgan fingerprint density at radius 1 is 1.33 bits per heavy atom. The lowest BCUT2D eigenvalue weighted by molar-refractivity contribution is 0.414. The van der Waals surface area contributed by atoms with Gasteiger partial charge in [0.25, 0.3) is 0 Å². The quantitative estimate of drug-likeness (QED) is 0.933. The molecular weight excluding hydrogens is 292 g/mol. The lowest BCUT2D eigenvalue weighted by Crippen LogP contribution is -2.03. The van der Waals surface area contributed by atoms with Crippen LogP contribution in [0, 0.1) is 6.92 Å². The molecule has 0 aliphatic heterocycles. The highest BCUT2D eigenvalue weighted by Crippen LogP contribution is 2.18. The van der Waals surface area contributed by atoms with Gasteiger partial charge >= 0.3 is 0 Å². The maximum absolute atomic E-state index is 5.20. The van der Waals surface area contributed by atoms with E-state index in [-0.39, 0.29) is 0 Å². The van der Waals surface area contributed by atoms with Gasteiger partial charge < -0.3 is 10.1 Å². The van der Waals surface area contributed by atoms with Crippen LogP contribution in [0.2, 0.25) is 0 Å². The first-order valence-electron chi connectivity index (χ1n) is 5.68. The maximum atomic E-state index is 5.20. The van der Waals surface area contributed by atoms with E-state index in [1.165, 1.54) is 5.56 Å². The molecule has 1 aromatic carbocycles. The summed E-state index contributed by atoms with van der Waals surface area (Å²) in [5.41, 5.74) is 2.28. The topological polar surface area (TPSA) is 34.1 Å². The van der Waals surface area contributed by atoms with Crippen LogP contribution in [-0.4, -0.2) is 12.1 Å². The highest BCUT2D eigenvalue weighted by Gasteiger charge is 2.01. The summed E-state index contributed by atoms with van der Waals surface area (Å²) in [6, 6.07) is 10.0. The number of nitrogens with one attached hydrogen (secondary N) is 1. The molecule has 0 saturated heterocycles. The van der Waals surface area contributed by atoms with Crippen molar-refractivity contribution in [3.8, 4) is 5.75 Å². The van der Waals surface area contributed by atoms with E-state index in [1.54, 1.807) is 13.3 Å². The predicted molar refractivity (Wildman–Crippen MR) is 77.0 cm³/mol. The van der Waals surface area contributed by atoms with Crippen molar-refractivity contribution in [2.75, 3.05) is 12.4 Å². The molecule has 0 radical (unpaired) electrons. The van der Waals surface area contributed by atoms with Crippen LogP contribution in [0.4, 0.5) is 5.82 Å². The number of ether oxygens (including phenoxy) is 1. The van der Waals surface area contributed by atoms with E-state index in [0.29, 0.717) is 0 Å². The smallest absolute Gasteiger partial charge is 0.129 e. The van der Waals surface area contributed by atoms with Gasteiger partial charge in [0.05, 0.1) is 7.11 Å². The number of aromatic nitrogens is 1. The number of pyridine rings is 1. The molecule has 1 aromatic heterocycles. The minimum absolute atomic E-state index is 0.729. The van der Waals surface area contributed by atoms with E-state index in [1.807, 2.05) is 31.2 Å². The number of nitrogens with zero attached hydrogens (tertiary/aromatic N) is 1. The van der Waals surface area contributed by atoms with Gasteiger partial charge in [0.1, 0.15) is 11.6 Å². The van der Waals surface area contributed by atoms with Crippen LogP contribution in [0.25, 0.3) is 0 Å². The first-order chi connectivity index (χ1) is 8.69. The van der Waals surface area contributed by atoms with Crippen molar-refractivity contribution >= 4 is 21.7 Å². The van der Waals surface area contributed by atoms with Gasteiger partial charge in [-0.2, -0.15) is 0 Å². The molecule has 0 unspecified atom stereocenters. The van der Waals surface area contributed by atoms with Crippen LogP contribution >= 0.6 is 15.9 Å². The molecule has 0 fully saturated rings. The van der Waals surface area contributed by atoms with E-state index in [0.717, 1.165) is 28.1 Å². The molecule has 94 valence electrons. The summed E-state index contributed by atoms with van der Waals surface area (Å²) in [4.78, 5) is 4.35. The summed E-state index contributed by atoms with van der Waals surface area (Å²) in [5.74, 6) is 1.77. The summed E-state index contributed by atoms with van der Waals surface area (Å²) in [7, 11) is 1.67. The Kier molecular flexibility index (Phi) is 4.20. The Morgan fingerprint density at radius 3 is 2.89 bits per heavy atom. The van der Waals surface area contributed by atoms with Crippen molar-refractivity contribution in [1.82, 2.24) is 4.98 Å². The summed E-state index contributed by atoms with van der Waals surface area (Å²) in [5, 5.41) is 3.32. The van der Waals surface area contributed by atoms with Crippen LogP contribution in [-0.2, 0) is 6.54 Å². The summed E-state index contributed by atoms with van der Waals surface area (Å²) in [6.07, 6.45) is 1.79. The van der Waals surface area contributed by atoms with Crippen LogP contribution in [0.5, 0.6) is 5.75 Å². The van der Waals surface area contributed by atoms with Crippen molar-refractivity contribution in [3.63, 3.8) is 0 Å². The van der Waals surface area contributed by atoms with Gasteiger partial charge in [-0.25, -0.2) is 4.98 Å². The van der Waals surface area contributed by atoms with Crippen LogP contribution in [0.3, 0.4) is 0 Å². The lowest BCUT2D eigenvalue weighted by Gasteiger charge is -2.09. The fraction of sp³-hybridized carbons (Fsp3) is 0.214. The molecule has 0 aliphatic carbocycles. The largest absolute Gasteiger partial charge is 0.497 e. The van der Waals surface area contributed by atoms with Crippen LogP contribution < -0.4 is 10.1 Å². The second-order valence-electron chi connectivity index (χ2n) is 4.02. The van der Waals surface area contributed by atoms with Crippen molar-refractivity contribution in [3.05, 3.63) is 52.1 Å². The first kappa shape index (κ1) is 12.9. The van der Waals surface area contributed by atoms with Gasteiger partial charge in [0, 0.05) is 17.2 Å². The zero-order valence-electron chi connectivity index (χ0n) is 10.4. The number of benzene rings is 1. The predicted octanol–water partition coefficient (Wildman–Crippen LogP) is 3.77. The average Bonchev–Trinajstić information content (AvgIpc) is 2.38. The second-order valence-corrected chi connectivity index (χ2v) is 4.94. The van der Waals surface area contributed by atoms with Crippen molar-refractivity contribution in [1.29, 1.82) is 0 Å². The molecule has 18 heavy (non-hydrogen) atoms. The number of aryl methyl sites for hydroxylation is 1. The number of rotatable bonds is 4. The molecule has 2 rings (SSSR count). The third-order valence-corrected chi connectivity index (χ3v) is 3.07. The molecule has 0 saturated carbocycles. The summed E-state index contributed by atoms with van der Waals surface area (Å²) >= 11 is 3.40. The van der Waals surface area contributed by atoms with Gasteiger partial charge in [-0.1, -0.05) is 12.1 Å². The number of hydrogen-bond acceptors (Lipinski definition) is 3. The van der Waals surface area contributed by atoms with Gasteiger partial charge in [-0.3, -0.25) is 0 Å². The Balaban J connectivity index is 2.06. The van der Waals surface area contributed by atoms with E-state index in [2.05, 4.69) is 32.3 Å². The third kappa shape index (κ3) is 3.23. The molecule has 2 aromatic rings. The monoisotopic (exact) mass is 306 g/mol. The minimum Gasteiger partial charge on any atom is -0.497 e. The molecule has 1 heterocycles. The van der Waals surface area contributed by atoms with Crippen LogP contribution in [0.15, 0.2) is 41.0 Å². The van der Waals surface area contributed by atoms with Crippen molar-refractivity contribution in [2.24, 2.45) is 0 Å². The summed E-state index contributed by atoms with van der Waals surface area (Å²) < 4.78 is 6.19. The van der Waals surface area contributed by atoms with Gasteiger partial charge in [0.15, 0.2) is 0 Å². The highest BCUT2D eigenvalue weighted by molar-refractivity contribution is 9.10. The summed E-state index contributed by atoms with van der Waals surface area (Å²) in [6.45, 7) is 2.76. The first-order valence-corrected chi connectivity index (χ1v) is 6.47. The Hall–Kier alpha value is -1.55. The zero-order valence-corrected chi connectivity index (χ0v) is 12.0. The van der Waals surface area contributed by atoms with Crippen molar-refractivity contribution in [2.45, 2.75) is 13.5 Å². The zero-order chi connectivity index (χ0) is 13.0. The Morgan fingerprint density at radius 2 is 2.17 bits per heavy atom. The van der Waals surface area contributed by atoms with E-state index in [9.17, 15) is 0 Å². The number of halogens is 1. The van der Waals surface area contributed by atoms with Gasteiger partial charge in [-0.15, -0.1) is 0 Å². The lowest BCUT2D eigenvalue weighted by atomic mass is 10.2. The third-order valence-electron chi connectivity index (χ3n) is 2.64. The molecule has 3 nitrogen and oxygen atoms in total. The standard InChI is InChI=1S/C14H15BrN2O/c1-10-6-12(15)9-17-14(10)16-8-11-4-3-5-13(7-11)18-2/h3-7,9H,8H2,1-2H3,(H,16,17). The molecule has 1 N–H and O–H groups in total. The van der Waals surface area contributed by atoms with Gasteiger partial charge in [-0.05, 0) is 52.2 Å². The minimum atomic E-state index is 0.729. The van der Waals surface area contributed by atoms with E-state index >= 15 is 0 Å². The SMILES string of the molecule is COc1cccc(CNc2ncc(Br)cc2C)c1. The van der Waals surface area contributed by atoms with Crippen molar-refractivity contribution < 1.29 is 4.74 Å². The molecular formula is C14H15BrN2O. The highest BCUT2D eigenvalue weighted by atomic mass is 79.9. The number of methoxy groups -OCH3 is 1. The fourth-order valence-electron chi connectivity index (χ4n) is 1.69. The molecule has 0 bridgehead atoms. The Bertz CT molecular complexity index is 543. The maximum Gasteiger partial charge on any atom is 0.129 e. The second kappa shape index (κ2) is 5.87. The molecule has 0 amide bonds. The molecule has 0 spiro atoms. The van der Waals surface area contributed by atoms with E-state index in [4.69, 9.17) is 4.74 Å². The number of hydrogen-bond donors (Lipinski definition) is 1. The number of anilines is 1. The van der Waals surface area contributed by atoms with E-state index < -0.39 is 0 Å². The molecule has 0 atom stereocenters.